The van der Waals surface area contributed by atoms with Gasteiger partial charge in [-0.05, 0) is 95.4 Å². The van der Waals surface area contributed by atoms with Gasteiger partial charge in [-0.3, -0.25) is 9.88 Å². The lowest BCUT2D eigenvalue weighted by atomic mass is 9.72. The fourth-order valence-corrected chi connectivity index (χ4v) is 6.67. The average molecular weight is 570 g/mol. The number of amides is 1. The minimum Gasteiger partial charge on any atom is -0.497 e. The van der Waals surface area contributed by atoms with Crippen molar-refractivity contribution in [3.8, 4) is 5.75 Å². The summed E-state index contributed by atoms with van der Waals surface area (Å²) in [6.45, 7) is 13.6. The van der Waals surface area contributed by atoms with Crippen molar-refractivity contribution in [3.05, 3.63) is 48.2 Å². The molecule has 8 nitrogen and oxygen atoms in total. The van der Waals surface area contributed by atoms with Crippen molar-refractivity contribution in [1.82, 2.24) is 15.2 Å². The number of nitrogens with one attached hydrogen (secondary N) is 1. The average Bonchev–Trinajstić information content (AvgIpc) is 2.92. The topological polar surface area (TPSA) is 90.0 Å². The van der Waals surface area contributed by atoms with Crippen molar-refractivity contribution in [2.75, 3.05) is 38.3 Å². The number of methoxy groups -OCH3 is 1. The molecule has 218 valence electrons. The maximum absolute atomic E-state index is 13.1. The van der Waals surface area contributed by atoms with Crippen molar-refractivity contribution in [2.45, 2.75) is 64.6 Å². The lowest BCUT2D eigenvalue weighted by molar-refractivity contribution is -0.138. The van der Waals surface area contributed by atoms with Crippen LogP contribution in [0.5, 0.6) is 5.75 Å². The van der Waals surface area contributed by atoms with Gasteiger partial charge in [0, 0.05) is 40.6 Å². The van der Waals surface area contributed by atoms with Gasteiger partial charge in [0.25, 0.3) is 0 Å². The van der Waals surface area contributed by atoms with Crippen molar-refractivity contribution in [1.29, 1.82) is 0 Å². The second-order valence-corrected chi connectivity index (χ2v) is 13.1. The Hall–Kier alpha value is -2.78. The van der Waals surface area contributed by atoms with Crippen LogP contribution in [0.1, 0.15) is 58.6 Å². The van der Waals surface area contributed by atoms with Crippen LogP contribution in [0.4, 0.5) is 4.79 Å². The molecule has 0 saturated carbocycles. The van der Waals surface area contributed by atoms with Gasteiger partial charge in [0.05, 0.1) is 18.7 Å². The van der Waals surface area contributed by atoms with Gasteiger partial charge in [0.2, 0.25) is 0 Å². The normalized spacial score (nSPS) is 22.9. The highest BCUT2D eigenvalue weighted by atomic mass is 32.2. The van der Waals surface area contributed by atoms with Crippen molar-refractivity contribution in [3.63, 3.8) is 0 Å². The van der Waals surface area contributed by atoms with Gasteiger partial charge in [0.1, 0.15) is 18.5 Å². The van der Waals surface area contributed by atoms with E-state index in [2.05, 4.69) is 21.8 Å². The molecule has 3 aliphatic heterocycles. The zero-order valence-corrected chi connectivity index (χ0v) is 25.2. The molecule has 4 heterocycles. The van der Waals surface area contributed by atoms with Crippen LogP contribution >= 0.6 is 11.8 Å². The Balaban J connectivity index is 1.47. The zero-order valence-electron chi connectivity index (χ0n) is 24.4. The molecule has 1 unspecified atom stereocenters. The molecule has 3 fully saturated rings. The summed E-state index contributed by atoms with van der Waals surface area (Å²) < 4.78 is 17.0. The van der Waals surface area contributed by atoms with Gasteiger partial charge < -0.3 is 19.5 Å². The lowest BCUT2D eigenvalue weighted by Crippen LogP contribution is -2.56. The van der Waals surface area contributed by atoms with E-state index in [0.29, 0.717) is 24.0 Å². The molecule has 5 atom stereocenters. The number of rotatable bonds is 11. The molecular weight excluding hydrogens is 526 g/mol. The van der Waals surface area contributed by atoms with E-state index in [1.807, 2.05) is 56.8 Å². The number of hydrogen-bond donors (Lipinski definition) is 1. The molecule has 3 aliphatic rings. The molecule has 0 aliphatic carbocycles. The molecule has 0 spiro atoms. The highest BCUT2D eigenvalue weighted by Gasteiger charge is 2.45. The Kier molecular flexibility index (Phi) is 10.0. The second-order valence-electron chi connectivity index (χ2n) is 11.9. The summed E-state index contributed by atoms with van der Waals surface area (Å²) in [5.74, 6) is 3.44. The molecule has 5 rings (SSSR count). The maximum atomic E-state index is 13.1. The summed E-state index contributed by atoms with van der Waals surface area (Å²) in [6.07, 6.45) is 4.22. The number of carbonyl (C=O) groups excluding carboxylic acids is 2. The van der Waals surface area contributed by atoms with Crippen LogP contribution in [-0.2, 0) is 14.3 Å². The number of nitrogens with zero attached hydrogens (tertiary/aromatic N) is 2. The summed E-state index contributed by atoms with van der Waals surface area (Å²) in [4.78, 5) is 31.7. The van der Waals surface area contributed by atoms with E-state index in [0.717, 1.165) is 66.1 Å². The van der Waals surface area contributed by atoms with Gasteiger partial charge in [-0.2, -0.15) is 11.8 Å². The summed E-state index contributed by atoms with van der Waals surface area (Å²) in [7, 11) is 1.65. The van der Waals surface area contributed by atoms with Gasteiger partial charge in [-0.25, -0.2) is 9.59 Å². The summed E-state index contributed by atoms with van der Waals surface area (Å²) >= 11 is 1.83. The molecule has 1 aromatic carbocycles. The molecule has 40 heavy (non-hydrogen) atoms. The smallest absolute Gasteiger partial charge is 0.408 e. The number of aromatic nitrogens is 1. The fraction of sp³-hybridized carbons (Fsp3) is 0.581. The molecule has 2 aromatic rings. The molecule has 1 N–H and O–H groups in total. The second kappa shape index (κ2) is 13.3. The van der Waals surface area contributed by atoms with Gasteiger partial charge in [0.15, 0.2) is 0 Å². The number of alkyl carbamates (subject to hydrolysis) is 1. The van der Waals surface area contributed by atoms with Crippen molar-refractivity contribution < 1.29 is 23.8 Å². The number of esters is 1. The standard InChI is InChI=1S/C31H43N3O5S/c1-20(2)29(35)38-14-16-40-15-11-22-19-34-13-10-21(22)17-27(34)28(39-30(36)33-31(3,4)5)24-9-12-32-26-8-7-23(37-6)18-25(24)26/h7-9,12,18,21-22,27-28H,1,10-11,13-17,19H2,2-6H3,(H,33,36)/t21-,22-,27+,28+/m0/s1. The summed E-state index contributed by atoms with van der Waals surface area (Å²) in [5.41, 5.74) is 1.84. The van der Waals surface area contributed by atoms with Crippen LogP contribution in [0, 0.1) is 11.8 Å². The van der Waals surface area contributed by atoms with Crippen LogP contribution in [0.15, 0.2) is 42.6 Å². The number of ether oxygens (including phenoxy) is 3. The van der Waals surface area contributed by atoms with E-state index in [9.17, 15) is 9.59 Å². The quantitative estimate of drug-likeness (QED) is 0.208. The fourth-order valence-electron chi connectivity index (χ4n) is 5.80. The van der Waals surface area contributed by atoms with Crippen LogP contribution in [0.3, 0.4) is 0 Å². The molecule has 1 aromatic heterocycles. The van der Waals surface area contributed by atoms with Crippen molar-refractivity contribution in [2.24, 2.45) is 11.8 Å². The molecule has 9 heteroatoms. The SMILES string of the molecule is C=C(C)C(=O)OCCSCC[C@H]1CN2CC[C@H]1C[C@@H]2[C@H](OC(=O)NC(C)(C)C)c1ccnc2ccc(OC)cc12. The van der Waals surface area contributed by atoms with Gasteiger partial charge in [-0.15, -0.1) is 0 Å². The number of carbonyl (C=O) groups is 2. The predicted molar refractivity (Wildman–Crippen MR) is 160 cm³/mol. The van der Waals surface area contributed by atoms with E-state index >= 15 is 0 Å². The minimum absolute atomic E-state index is 0.0896. The highest BCUT2D eigenvalue weighted by Crippen LogP contribution is 2.44. The van der Waals surface area contributed by atoms with Gasteiger partial charge >= 0.3 is 12.1 Å². The number of piperidine rings is 3. The third kappa shape index (κ3) is 7.69. The number of benzene rings is 1. The third-order valence-corrected chi connectivity index (χ3v) is 8.71. The van der Waals surface area contributed by atoms with E-state index in [4.69, 9.17) is 14.2 Å². The van der Waals surface area contributed by atoms with Crippen molar-refractivity contribution >= 4 is 34.7 Å². The van der Waals surface area contributed by atoms with Crippen LogP contribution < -0.4 is 10.1 Å². The molecule has 0 radical (unpaired) electrons. The predicted octanol–water partition coefficient (Wildman–Crippen LogP) is 5.76. The Morgan fingerprint density at radius 1 is 1.25 bits per heavy atom. The third-order valence-electron chi connectivity index (χ3n) is 7.73. The first-order valence-electron chi connectivity index (χ1n) is 14.1. The van der Waals surface area contributed by atoms with Crippen LogP contribution in [0.2, 0.25) is 0 Å². The Morgan fingerprint density at radius 2 is 2.05 bits per heavy atom. The van der Waals surface area contributed by atoms with E-state index < -0.39 is 17.7 Å². The Morgan fingerprint density at radius 3 is 2.73 bits per heavy atom. The summed E-state index contributed by atoms with van der Waals surface area (Å²) in [6, 6.07) is 7.91. The monoisotopic (exact) mass is 569 g/mol. The molecule has 2 bridgehead atoms. The maximum Gasteiger partial charge on any atom is 0.408 e. The summed E-state index contributed by atoms with van der Waals surface area (Å²) in [5, 5.41) is 3.92. The number of hydrogen-bond acceptors (Lipinski definition) is 8. The first kappa shape index (κ1) is 30.2. The van der Waals surface area contributed by atoms with E-state index in [-0.39, 0.29) is 12.0 Å². The molecule has 1 amide bonds. The number of pyridine rings is 1. The van der Waals surface area contributed by atoms with E-state index in [1.54, 1.807) is 20.2 Å². The first-order chi connectivity index (χ1) is 19.1. The molecular formula is C31H43N3O5S. The van der Waals surface area contributed by atoms with E-state index in [1.165, 1.54) is 0 Å². The first-order valence-corrected chi connectivity index (χ1v) is 15.3. The number of fused-ring (bicyclic) bond motifs is 4. The Labute approximate surface area is 242 Å². The highest BCUT2D eigenvalue weighted by molar-refractivity contribution is 7.99. The zero-order chi connectivity index (χ0) is 28.9. The lowest BCUT2D eigenvalue weighted by Gasteiger charge is -2.52. The minimum atomic E-state index is -0.430. The number of thioether (sulfide) groups is 1. The van der Waals surface area contributed by atoms with Crippen LogP contribution in [0.25, 0.3) is 10.9 Å². The largest absolute Gasteiger partial charge is 0.497 e. The van der Waals surface area contributed by atoms with Gasteiger partial charge in [-0.1, -0.05) is 6.58 Å². The molecule has 3 saturated heterocycles. The Bertz CT molecular complexity index is 1210. The van der Waals surface area contributed by atoms with Crippen LogP contribution in [-0.4, -0.2) is 71.8 Å².